The Hall–Kier alpha value is -3.52. The number of hydrogen-bond acceptors (Lipinski definition) is 13. The summed E-state index contributed by atoms with van der Waals surface area (Å²) in [6.07, 6.45) is -0.703. The van der Waals surface area contributed by atoms with Crippen molar-refractivity contribution in [2.24, 2.45) is 0 Å². The van der Waals surface area contributed by atoms with Crippen molar-refractivity contribution < 1.29 is 48.7 Å². The predicted octanol–water partition coefficient (Wildman–Crippen LogP) is 2.21. The molecule has 2 aromatic carbocycles. The number of ether oxygens (including phenoxy) is 4. The van der Waals surface area contributed by atoms with E-state index in [1.807, 2.05) is 24.9 Å². The van der Waals surface area contributed by atoms with Crippen molar-refractivity contribution in [2.45, 2.75) is 62.8 Å². The first-order valence-electron chi connectivity index (χ1n) is 13.9. The number of phenols is 2. The molecule has 230 valence electrons. The van der Waals surface area contributed by atoms with E-state index in [0.717, 1.165) is 22.9 Å². The zero-order valence-electron chi connectivity index (χ0n) is 24.7. The van der Waals surface area contributed by atoms with Gasteiger partial charge in [0.15, 0.2) is 23.0 Å². The van der Waals surface area contributed by atoms with E-state index in [9.17, 15) is 29.7 Å². The van der Waals surface area contributed by atoms with E-state index >= 15 is 0 Å². The molecule has 43 heavy (non-hydrogen) atoms. The number of aliphatic hydroxyl groups is 1. The molecule has 4 bridgehead atoms. The van der Waals surface area contributed by atoms with Crippen molar-refractivity contribution in [2.75, 3.05) is 33.6 Å². The normalized spacial score (nSPS) is 28.3. The van der Waals surface area contributed by atoms with Gasteiger partial charge in [0.05, 0.1) is 43.3 Å². The number of rotatable bonds is 3. The number of aryl methyl sites for hydroxylation is 1. The van der Waals surface area contributed by atoms with Gasteiger partial charge in [-0.1, -0.05) is 6.07 Å². The van der Waals surface area contributed by atoms with Gasteiger partial charge in [-0.15, -0.1) is 11.8 Å². The SMILES string of the molecule is COc1c(C)cc2c(c1O)[C@@H]1[C@@H]3[C@H]4SCC(=O)C(=O)OC[C@@H](c5c(O)c(OC)c(C)c(OC(C)=O)c54)N3[C@@H](O)[C@H](C2)N1C. The van der Waals surface area contributed by atoms with E-state index in [2.05, 4.69) is 0 Å². The van der Waals surface area contributed by atoms with Crippen molar-refractivity contribution in [1.82, 2.24) is 9.80 Å². The molecule has 2 aromatic rings. The molecular formula is C30H34N2O10S. The molecule has 12 nitrogen and oxygen atoms in total. The lowest BCUT2D eigenvalue weighted by Gasteiger charge is -2.61. The highest BCUT2D eigenvalue weighted by atomic mass is 32.2. The van der Waals surface area contributed by atoms with Gasteiger partial charge in [0.1, 0.15) is 18.6 Å². The van der Waals surface area contributed by atoms with E-state index in [4.69, 9.17) is 18.9 Å². The fraction of sp³-hybridized carbons (Fsp3) is 0.500. The number of methoxy groups -OCH3 is 2. The topological polar surface area (TPSA) is 155 Å². The minimum absolute atomic E-state index is 0.0150. The molecule has 0 saturated carbocycles. The predicted molar refractivity (Wildman–Crippen MR) is 154 cm³/mol. The minimum Gasteiger partial charge on any atom is -0.504 e. The number of esters is 2. The average Bonchev–Trinajstić information content (AvgIpc) is 2.95. The van der Waals surface area contributed by atoms with Gasteiger partial charge in [-0.25, -0.2) is 4.79 Å². The fourth-order valence-electron chi connectivity index (χ4n) is 7.51. The number of thioether (sulfide) groups is 1. The Morgan fingerprint density at radius 3 is 2.37 bits per heavy atom. The van der Waals surface area contributed by atoms with Crippen LogP contribution < -0.4 is 14.2 Å². The van der Waals surface area contributed by atoms with Crippen molar-refractivity contribution in [3.8, 4) is 28.7 Å². The van der Waals surface area contributed by atoms with Crippen molar-refractivity contribution >= 4 is 29.5 Å². The van der Waals surface area contributed by atoms with Crippen LogP contribution in [-0.2, 0) is 25.5 Å². The van der Waals surface area contributed by atoms with E-state index in [1.54, 1.807) is 11.8 Å². The third-order valence-corrected chi connectivity index (χ3v) is 10.5. The Bertz CT molecular complexity index is 1560. The summed E-state index contributed by atoms with van der Waals surface area (Å²) < 4.78 is 22.4. The summed E-state index contributed by atoms with van der Waals surface area (Å²) in [7, 11) is 4.74. The summed E-state index contributed by atoms with van der Waals surface area (Å²) >= 11 is 1.13. The molecule has 0 aromatic heterocycles. The number of ketones is 1. The van der Waals surface area contributed by atoms with Crippen molar-refractivity contribution in [3.05, 3.63) is 39.4 Å². The first-order chi connectivity index (χ1) is 20.4. The number of nitrogens with zero attached hydrogens (tertiary/aromatic N) is 2. The summed E-state index contributed by atoms with van der Waals surface area (Å²) in [5.74, 6) is -2.28. The lowest BCUT2D eigenvalue weighted by Crippen LogP contribution is -2.69. The fourth-order valence-corrected chi connectivity index (χ4v) is 8.85. The Morgan fingerprint density at radius 2 is 1.72 bits per heavy atom. The van der Waals surface area contributed by atoms with Gasteiger partial charge < -0.3 is 34.3 Å². The summed E-state index contributed by atoms with van der Waals surface area (Å²) in [6.45, 7) is 4.39. The summed E-state index contributed by atoms with van der Waals surface area (Å²) in [6, 6.07) is -0.625. The Balaban J connectivity index is 1.70. The van der Waals surface area contributed by atoms with Crippen LogP contribution in [0.1, 0.15) is 57.6 Å². The number of fused-ring (bicyclic) bond motifs is 7. The molecule has 0 aliphatic carbocycles. The third-order valence-electron chi connectivity index (χ3n) is 9.19. The Kier molecular flexibility index (Phi) is 7.27. The highest BCUT2D eigenvalue weighted by Crippen LogP contribution is 2.63. The van der Waals surface area contributed by atoms with Crippen LogP contribution in [0.3, 0.4) is 0 Å². The van der Waals surface area contributed by atoms with Crippen LogP contribution in [0.25, 0.3) is 0 Å². The summed E-state index contributed by atoms with van der Waals surface area (Å²) in [5.41, 5.74) is 3.33. The molecule has 6 atom stereocenters. The number of benzene rings is 2. The molecule has 0 spiro atoms. The number of Topliss-reactive ketones (excluding diaryl/α,β-unsaturated/α-hetero) is 1. The molecule has 0 amide bonds. The third kappa shape index (κ3) is 4.20. The largest absolute Gasteiger partial charge is 0.504 e. The van der Waals surface area contributed by atoms with Crippen LogP contribution >= 0.6 is 11.8 Å². The molecular weight excluding hydrogens is 580 g/mol. The number of aromatic hydroxyl groups is 2. The highest BCUT2D eigenvalue weighted by Gasteiger charge is 2.60. The van der Waals surface area contributed by atoms with Gasteiger partial charge in [0, 0.05) is 35.2 Å². The lowest BCUT2D eigenvalue weighted by molar-refractivity contribution is -0.184. The number of carbonyl (C=O) groups excluding carboxylic acids is 3. The Morgan fingerprint density at radius 1 is 1.05 bits per heavy atom. The first-order valence-corrected chi connectivity index (χ1v) is 15.0. The second-order valence-corrected chi connectivity index (χ2v) is 12.5. The number of phenolic OH excluding ortho intramolecular Hbond substituents is 2. The van der Waals surface area contributed by atoms with Crippen LogP contribution in [-0.4, -0.2) is 94.8 Å². The van der Waals surface area contributed by atoms with E-state index in [0.29, 0.717) is 28.9 Å². The van der Waals surface area contributed by atoms with Gasteiger partial charge >= 0.3 is 11.9 Å². The van der Waals surface area contributed by atoms with Crippen LogP contribution in [0, 0.1) is 13.8 Å². The second-order valence-electron chi connectivity index (χ2n) is 11.4. The Labute approximate surface area is 252 Å². The zero-order valence-corrected chi connectivity index (χ0v) is 25.5. The standard InChI is InChI=1S/C30H34N2O10S/c1-11-7-14-8-15-29(37)32-16-9-41-30(38)17(34)10-43-28(22(32)21(31(15)4)18(14)23(35)25(11)39-5)20-19(16)24(36)27(40-6)12(2)26(20)42-13(3)33/h7,15-16,21-22,28-29,35-37H,8-10H2,1-6H3/t15-,16-,21+,22+,28-,29-/m0/s1. The maximum absolute atomic E-state index is 12.8. The number of likely N-dealkylation sites (N-methyl/N-ethyl adjacent to an activating group) is 1. The van der Waals surface area contributed by atoms with Crippen LogP contribution in [0.4, 0.5) is 0 Å². The molecule has 0 radical (unpaired) electrons. The molecule has 2 saturated heterocycles. The molecule has 13 heteroatoms. The van der Waals surface area contributed by atoms with Crippen molar-refractivity contribution in [3.63, 3.8) is 0 Å². The van der Waals surface area contributed by atoms with Gasteiger partial charge in [0.25, 0.3) is 0 Å². The second kappa shape index (κ2) is 10.6. The number of carbonyl (C=O) groups is 3. The first kappa shape index (κ1) is 29.5. The smallest absolute Gasteiger partial charge is 0.375 e. The van der Waals surface area contributed by atoms with Gasteiger partial charge in [0.2, 0.25) is 5.78 Å². The number of hydrogen-bond donors (Lipinski definition) is 3. The molecule has 0 unspecified atom stereocenters. The summed E-state index contributed by atoms with van der Waals surface area (Å²) in [5, 5.41) is 34.6. The molecule has 4 aliphatic rings. The monoisotopic (exact) mass is 614 g/mol. The van der Waals surface area contributed by atoms with Crippen LogP contribution in [0.15, 0.2) is 6.07 Å². The van der Waals surface area contributed by atoms with Crippen LogP contribution in [0.5, 0.6) is 28.7 Å². The van der Waals surface area contributed by atoms with Crippen LogP contribution in [0.2, 0.25) is 0 Å². The quantitative estimate of drug-likeness (QED) is 0.263. The van der Waals surface area contributed by atoms with Crippen molar-refractivity contribution in [1.29, 1.82) is 0 Å². The number of aliphatic hydroxyl groups excluding tert-OH is 1. The van der Waals surface area contributed by atoms with E-state index in [1.165, 1.54) is 21.1 Å². The average molecular weight is 615 g/mol. The minimum atomic E-state index is -1.11. The van der Waals surface area contributed by atoms with Gasteiger partial charge in [-0.05, 0) is 38.4 Å². The highest BCUT2D eigenvalue weighted by molar-refractivity contribution is 8.00. The molecule has 4 aliphatic heterocycles. The molecule has 4 heterocycles. The summed E-state index contributed by atoms with van der Waals surface area (Å²) in [4.78, 5) is 41.7. The van der Waals surface area contributed by atoms with Gasteiger partial charge in [-0.3, -0.25) is 19.4 Å². The van der Waals surface area contributed by atoms with E-state index < -0.39 is 53.4 Å². The molecule has 2 fully saturated rings. The molecule has 6 rings (SSSR count). The maximum Gasteiger partial charge on any atom is 0.375 e. The van der Waals surface area contributed by atoms with E-state index in [-0.39, 0.29) is 40.9 Å². The maximum atomic E-state index is 12.8. The zero-order chi connectivity index (χ0) is 31.1. The number of piperazine rings is 1. The van der Waals surface area contributed by atoms with Gasteiger partial charge in [-0.2, -0.15) is 0 Å². The number of cyclic esters (lactones) is 1. The molecule has 3 N–H and O–H groups in total. The lowest BCUT2D eigenvalue weighted by atomic mass is 9.73.